The fourth-order valence-electron chi connectivity index (χ4n) is 17.0. The van der Waals surface area contributed by atoms with Gasteiger partial charge in [0, 0.05) is 91.0 Å². The first-order valence-electron chi connectivity index (χ1n) is 42.6. The van der Waals surface area contributed by atoms with Crippen LogP contribution in [0.4, 0.5) is 114 Å². The van der Waals surface area contributed by atoms with Gasteiger partial charge in [0.15, 0.2) is 45.9 Å². The smallest absolute Gasteiger partial charge is 0.183 e. The van der Waals surface area contributed by atoms with E-state index in [2.05, 4.69) is 437 Å². The fraction of sp³-hybridized carbons (Fsp3) is 0. The third-order valence-electron chi connectivity index (χ3n) is 22.4. The largest absolute Gasteiger partial charge is 0.321 e. The van der Waals surface area contributed by atoms with Gasteiger partial charge in [0.05, 0.1) is 0 Å². The second kappa shape index (κ2) is 35.4. The van der Waals surface area contributed by atoms with Gasteiger partial charge in [0.25, 0.3) is 0 Å². The molecule has 0 saturated heterocycles. The van der Waals surface area contributed by atoms with Gasteiger partial charge >= 0.3 is 0 Å². The highest BCUT2D eigenvalue weighted by Gasteiger charge is 2.41. The molecule has 128 heavy (non-hydrogen) atoms. The molecule has 16 heteroatoms. The number of anilines is 20. The van der Waals surface area contributed by atoms with Crippen LogP contribution in [0.25, 0.3) is 45.4 Å². The Bertz CT molecular complexity index is 6090. The Labute approximate surface area is 742 Å². The predicted molar refractivity (Wildman–Crippen MR) is 525 cm³/mol. The standard InChI is InChI=1S/C112H82N16/c1-17-49-81(50-18-1)121(82-51-19-2-20-52-82)97-98(122(83-53-21-3-22-54-83)84-55-23-4-24-56-84)106-113-105(97)117-107-99(123(85-57-25-5-26-58-85)86-59-27-6-28-60-86)100(124(87-61-29-7-30-62-87)88-63-31-8-32-64-88)109(114-107)119-111-103(127(93-73-41-13-42-74-93)94-75-43-14-44-76-94)104(128(95-77-45-15-46-78-95)96-79-47-16-48-80-96)112(116-111)120-110-102(126(91-69-37-11-38-70-91)92-71-39-12-40-72-92)101(108(115-110)118-106)125(89-65-33-9-34-66-89)90-67-35-10-36-68-90/h1-80H,(H2,113,114,115,116,117,118,119,120). The molecule has 0 atom stereocenters. The van der Waals surface area contributed by atoms with E-state index in [9.17, 15) is 0 Å². The fourth-order valence-corrected chi connectivity index (χ4v) is 17.0. The van der Waals surface area contributed by atoms with Crippen LogP contribution in [-0.2, 0) is 0 Å². The predicted octanol–water partition coefficient (Wildman–Crippen LogP) is 28.8. The number of aromatic nitrogens is 8. The molecule has 610 valence electrons. The summed E-state index contributed by atoms with van der Waals surface area (Å²) in [6, 6.07) is 167. The summed E-state index contributed by atoms with van der Waals surface area (Å²) in [7, 11) is 0. The molecule has 2 aliphatic heterocycles. The maximum absolute atomic E-state index is 6.42. The van der Waals surface area contributed by atoms with Crippen LogP contribution in [0.5, 0.6) is 0 Å². The van der Waals surface area contributed by atoms with Crippen LogP contribution in [0.3, 0.4) is 0 Å². The lowest BCUT2D eigenvalue weighted by Gasteiger charge is -2.32. The molecule has 0 unspecified atom stereocenters. The van der Waals surface area contributed by atoms with Gasteiger partial charge in [-0.05, 0) is 194 Å². The highest BCUT2D eigenvalue weighted by molar-refractivity contribution is 6.13. The van der Waals surface area contributed by atoms with Crippen molar-refractivity contribution in [2.24, 2.45) is 0 Å². The summed E-state index contributed by atoms with van der Waals surface area (Å²) in [4.78, 5) is 64.6. The van der Waals surface area contributed by atoms with Crippen LogP contribution in [0.15, 0.2) is 485 Å². The zero-order valence-corrected chi connectivity index (χ0v) is 69.4. The van der Waals surface area contributed by atoms with Gasteiger partial charge in [0.2, 0.25) is 0 Å². The number of aromatic amines is 2. The average Bonchev–Trinajstić information content (AvgIpc) is 1.56. The van der Waals surface area contributed by atoms with E-state index in [1.165, 1.54) is 0 Å². The van der Waals surface area contributed by atoms with E-state index in [1.807, 2.05) is 97.1 Å². The molecular weight excluding hydrogens is 1570 g/mol. The minimum absolute atomic E-state index is 0.275. The minimum atomic E-state index is 0.275. The lowest BCUT2D eigenvalue weighted by Crippen LogP contribution is -2.23. The van der Waals surface area contributed by atoms with Crippen LogP contribution in [0.2, 0.25) is 0 Å². The Morgan fingerprint density at radius 1 is 0.117 bits per heavy atom. The molecule has 0 fully saturated rings. The first-order valence-corrected chi connectivity index (χ1v) is 42.6. The molecule has 8 bridgehead atoms. The highest BCUT2D eigenvalue weighted by atomic mass is 15.3. The number of hydrogen-bond donors (Lipinski definition) is 2. The molecule has 21 rings (SSSR count). The number of H-pyrrole nitrogens is 2. The molecule has 19 aromatic rings. The molecule has 16 nitrogen and oxygen atoms in total. The van der Waals surface area contributed by atoms with Crippen molar-refractivity contribution in [1.29, 1.82) is 0 Å². The summed E-state index contributed by atoms with van der Waals surface area (Å²) in [6.45, 7) is 0. The number of rotatable bonds is 24. The Morgan fingerprint density at radius 3 is 0.328 bits per heavy atom. The SMILES string of the molecule is c1ccc(N(C2=C(N(c3ccccc3)c3ccccc3)c3nc2nc2[nH]c(nc4nc(nc5[nH]c(n3)c(N(c3ccccc3)c3ccccc3)c5N(c3ccccc3)c3ccccc3)C(N(c3ccccc3)c3ccccc3)=C4N(c3ccccc3)c3ccccc3)c(N(c3ccccc3)c3ccccc3)c2N(c2ccccc2)c2ccccc2)c2ccccc2)cc1. The molecular formula is C112H82N16. The second-order valence-corrected chi connectivity index (χ2v) is 30.5. The second-order valence-electron chi connectivity index (χ2n) is 30.5. The molecule has 3 aromatic heterocycles. The van der Waals surface area contributed by atoms with Crippen LogP contribution >= 0.6 is 0 Å². The molecule has 16 aromatic carbocycles. The van der Waals surface area contributed by atoms with Gasteiger partial charge in [-0.25, -0.2) is 29.9 Å². The molecule has 0 saturated carbocycles. The summed E-state index contributed by atoms with van der Waals surface area (Å²) in [5, 5.41) is 0. The summed E-state index contributed by atoms with van der Waals surface area (Å²) in [6.07, 6.45) is 0. The topological polar surface area (TPSA) is 135 Å². The van der Waals surface area contributed by atoms with E-state index in [-0.39, 0.29) is 23.3 Å². The van der Waals surface area contributed by atoms with E-state index in [0.29, 0.717) is 68.1 Å². The summed E-state index contributed by atoms with van der Waals surface area (Å²) in [5.74, 6) is 1.10. The molecule has 0 amide bonds. The number of nitrogens with zero attached hydrogens (tertiary/aromatic N) is 14. The normalized spacial score (nSPS) is 11.7. The summed E-state index contributed by atoms with van der Waals surface area (Å²) >= 11 is 0. The Hall–Kier alpha value is -17.8. The van der Waals surface area contributed by atoms with E-state index >= 15 is 0 Å². The van der Waals surface area contributed by atoms with Crippen molar-refractivity contribution in [3.8, 4) is 0 Å². The lowest BCUT2D eigenvalue weighted by atomic mass is 10.1. The Balaban J connectivity index is 1.07. The van der Waals surface area contributed by atoms with E-state index in [4.69, 9.17) is 29.9 Å². The van der Waals surface area contributed by atoms with Crippen molar-refractivity contribution in [1.82, 2.24) is 39.9 Å². The van der Waals surface area contributed by atoms with Gasteiger partial charge in [0.1, 0.15) is 45.5 Å². The van der Waals surface area contributed by atoms with Gasteiger partial charge in [-0.15, -0.1) is 0 Å². The first kappa shape index (κ1) is 77.6. The van der Waals surface area contributed by atoms with Crippen LogP contribution in [0, 0.1) is 0 Å². The van der Waals surface area contributed by atoms with Crippen molar-refractivity contribution in [2.45, 2.75) is 0 Å². The molecule has 5 heterocycles. The first-order chi connectivity index (χ1) is 63.6. The van der Waals surface area contributed by atoms with Crippen LogP contribution < -0.4 is 39.2 Å². The number of hydrogen-bond acceptors (Lipinski definition) is 14. The third-order valence-corrected chi connectivity index (χ3v) is 22.4. The average molecular weight is 1650 g/mol. The lowest BCUT2D eigenvalue weighted by molar-refractivity contribution is 1.08. The van der Waals surface area contributed by atoms with Crippen molar-refractivity contribution in [2.75, 3.05) is 39.2 Å². The summed E-state index contributed by atoms with van der Waals surface area (Å²) in [5.41, 5.74) is 19.2. The van der Waals surface area contributed by atoms with Gasteiger partial charge < -0.3 is 49.2 Å². The maximum Gasteiger partial charge on any atom is 0.183 e. The van der Waals surface area contributed by atoms with E-state index in [0.717, 1.165) is 91.0 Å². The number of fused-ring (bicyclic) bond motifs is 8. The van der Waals surface area contributed by atoms with Gasteiger partial charge in [-0.2, -0.15) is 0 Å². The minimum Gasteiger partial charge on any atom is -0.321 e. The van der Waals surface area contributed by atoms with Crippen molar-refractivity contribution in [3.05, 3.63) is 509 Å². The van der Waals surface area contributed by atoms with Crippen molar-refractivity contribution < 1.29 is 0 Å². The Morgan fingerprint density at radius 2 is 0.219 bits per heavy atom. The van der Waals surface area contributed by atoms with Crippen LogP contribution in [0.1, 0.15) is 23.3 Å². The van der Waals surface area contributed by atoms with E-state index in [1.54, 1.807) is 0 Å². The van der Waals surface area contributed by atoms with Crippen molar-refractivity contribution in [3.63, 3.8) is 0 Å². The number of benzene rings is 16. The molecule has 0 aliphatic carbocycles. The van der Waals surface area contributed by atoms with E-state index < -0.39 is 0 Å². The molecule has 2 N–H and O–H groups in total. The molecule has 2 aliphatic rings. The monoisotopic (exact) mass is 1650 g/mol. The van der Waals surface area contributed by atoms with Crippen LogP contribution in [-0.4, -0.2) is 39.9 Å². The molecule has 0 radical (unpaired) electrons. The Kier molecular flexibility index (Phi) is 21.4. The summed E-state index contributed by atoms with van der Waals surface area (Å²) < 4.78 is 0. The zero-order chi connectivity index (χ0) is 85.3. The highest BCUT2D eigenvalue weighted by Crippen LogP contribution is 2.55. The van der Waals surface area contributed by atoms with Crippen molar-refractivity contribution >= 4 is 159 Å². The zero-order valence-electron chi connectivity index (χ0n) is 69.4. The van der Waals surface area contributed by atoms with Gasteiger partial charge in [-0.3, -0.25) is 0 Å². The molecule has 0 spiro atoms. The number of para-hydroxylation sites is 16. The maximum atomic E-state index is 6.42. The third kappa shape index (κ3) is 15.2. The van der Waals surface area contributed by atoms with Gasteiger partial charge in [-0.1, -0.05) is 291 Å². The quantitative estimate of drug-likeness (QED) is 0.0594. The number of nitrogens with one attached hydrogen (secondary N) is 2.